The van der Waals surface area contributed by atoms with Crippen LogP contribution in [0, 0.1) is 5.41 Å². The average molecular weight is 373 g/mol. The summed E-state index contributed by atoms with van der Waals surface area (Å²) in [5.74, 6) is 0. The van der Waals surface area contributed by atoms with Gasteiger partial charge in [0, 0.05) is 23.2 Å². The Morgan fingerprint density at radius 1 is 1.29 bits per heavy atom. The van der Waals surface area contributed by atoms with E-state index >= 15 is 0 Å². The second kappa shape index (κ2) is 5.74. The highest BCUT2D eigenvalue weighted by atomic mass is 79.9. The van der Waals surface area contributed by atoms with Gasteiger partial charge >= 0.3 is 0 Å². The van der Waals surface area contributed by atoms with Gasteiger partial charge in [0.2, 0.25) is 10.0 Å². The highest BCUT2D eigenvalue weighted by molar-refractivity contribution is 9.10. The lowest BCUT2D eigenvalue weighted by Gasteiger charge is -2.31. The van der Waals surface area contributed by atoms with E-state index in [0.29, 0.717) is 23.2 Å². The van der Waals surface area contributed by atoms with Crippen molar-refractivity contribution in [1.82, 2.24) is 4.31 Å². The van der Waals surface area contributed by atoms with Gasteiger partial charge in [-0.25, -0.2) is 8.42 Å². The summed E-state index contributed by atoms with van der Waals surface area (Å²) >= 11 is 3.28. The summed E-state index contributed by atoms with van der Waals surface area (Å²) in [6.45, 7) is 7.39. The molecular weight excluding hydrogens is 352 g/mol. The van der Waals surface area contributed by atoms with E-state index in [4.69, 9.17) is 5.73 Å². The highest BCUT2D eigenvalue weighted by Gasteiger charge is 2.29. The highest BCUT2D eigenvalue weighted by Crippen LogP contribution is 2.32. The molecule has 2 rings (SSSR count). The summed E-state index contributed by atoms with van der Waals surface area (Å²) in [5, 5.41) is 0. The maximum Gasteiger partial charge on any atom is 0.243 e. The number of nitrogens with zero attached hydrogens (tertiary/aromatic N) is 1. The zero-order chi connectivity index (χ0) is 15.8. The number of benzene rings is 1. The molecule has 0 spiro atoms. The Bertz CT molecular complexity index is 675. The molecule has 21 heavy (non-hydrogen) atoms. The number of rotatable bonds is 2. The largest absolute Gasteiger partial charge is 0.398 e. The van der Waals surface area contributed by atoms with Gasteiger partial charge in [0.1, 0.15) is 0 Å². The first-order chi connectivity index (χ1) is 9.62. The quantitative estimate of drug-likeness (QED) is 0.638. The summed E-state index contributed by atoms with van der Waals surface area (Å²) in [6.07, 6.45) is 2.80. The minimum Gasteiger partial charge on any atom is -0.398 e. The lowest BCUT2D eigenvalue weighted by Crippen LogP contribution is -2.36. The number of halogens is 1. The van der Waals surface area contributed by atoms with E-state index in [2.05, 4.69) is 36.7 Å². The number of hydrogen-bond acceptors (Lipinski definition) is 3. The van der Waals surface area contributed by atoms with Crippen molar-refractivity contribution in [3.63, 3.8) is 0 Å². The van der Waals surface area contributed by atoms with Crippen LogP contribution in [0.4, 0.5) is 5.69 Å². The fourth-order valence-electron chi connectivity index (χ4n) is 2.38. The number of anilines is 1. The lowest BCUT2D eigenvalue weighted by molar-refractivity contribution is 0.389. The number of nitrogen functional groups attached to an aromatic ring is 1. The maximum absolute atomic E-state index is 12.6. The molecule has 0 amide bonds. The van der Waals surface area contributed by atoms with Gasteiger partial charge in [-0.05, 0) is 46.0 Å². The van der Waals surface area contributed by atoms with Crippen LogP contribution in [0.5, 0.6) is 0 Å². The van der Waals surface area contributed by atoms with Crippen molar-refractivity contribution in [3.05, 3.63) is 34.3 Å². The first kappa shape index (κ1) is 16.5. The van der Waals surface area contributed by atoms with Crippen molar-refractivity contribution in [2.45, 2.75) is 32.1 Å². The molecule has 0 bridgehead atoms. The zero-order valence-electron chi connectivity index (χ0n) is 12.6. The van der Waals surface area contributed by atoms with Crippen LogP contribution in [0.25, 0.3) is 0 Å². The molecular formula is C15H21BrN2O2S. The third-order valence-electron chi connectivity index (χ3n) is 3.74. The molecule has 1 aromatic carbocycles. The van der Waals surface area contributed by atoms with E-state index in [1.165, 1.54) is 15.9 Å². The van der Waals surface area contributed by atoms with E-state index in [9.17, 15) is 8.42 Å². The van der Waals surface area contributed by atoms with Crippen LogP contribution in [0.1, 0.15) is 27.2 Å². The van der Waals surface area contributed by atoms with Crippen LogP contribution >= 0.6 is 15.9 Å². The molecule has 0 fully saturated rings. The SMILES string of the molecule is CC(C)(C)C1=CCN(S(=O)(=O)c2ccc(Br)c(N)c2)CC1. The maximum atomic E-state index is 12.6. The minimum atomic E-state index is -3.48. The van der Waals surface area contributed by atoms with Gasteiger partial charge in [-0.1, -0.05) is 32.4 Å². The topological polar surface area (TPSA) is 63.4 Å². The van der Waals surface area contributed by atoms with Crippen LogP contribution in [0.3, 0.4) is 0 Å². The van der Waals surface area contributed by atoms with Crippen molar-refractivity contribution in [2.24, 2.45) is 5.41 Å². The van der Waals surface area contributed by atoms with Gasteiger partial charge in [0.15, 0.2) is 0 Å². The summed E-state index contributed by atoms with van der Waals surface area (Å²) in [6, 6.07) is 4.75. The van der Waals surface area contributed by atoms with Gasteiger partial charge in [-0.2, -0.15) is 4.31 Å². The van der Waals surface area contributed by atoms with E-state index in [1.807, 2.05) is 6.08 Å². The Hall–Kier alpha value is -0.850. The molecule has 1 heterocycles. The predicted molar refractivity (Wildman–Crippen MR) is 89.5 cm³/mol. The fraction of sp³-hybridized carbons (Fsp3) is 0.467. The molecule has 1 aliphatic rings. The predicted octanol–water partition coefficient (Wildman–Crippen LogP) is 3.40. The minimum absolute atomic E-state index is 0.0951. The second-order valence-corrected chi connectivity index (χ2v) is 9.07. The molecule has 116 valence electrons. The standard InChI is InChI=1S/C15H21BrN2O2S/c1-15(2,3)11-6-8-18(9-7-11)21(19,20)12-4-5-13(16)14(17)10-12/h4-6,10H,7-9,17H2,1-3H3. The zero-order valence-corrected chi connectivity index (χ0v) is 15.0. The smallest absolute Gasteiger partial charge is 0.243 e. The fourth-order valence-corrected chi connectivity index (χ4v) is 4.04. The molecule has 4 nitrogen and oxygen atoms in total. The molecule has 0 aromatic heterocycles. The first-order valence-corrected chi connectivity index (χ1v) is 9.10. The Morgan fingerprint density at radius 3 is 2.43 bits per heavy atom. The van der Waals surface area contributed by atoms with Gasteiger partial charge in [-0.3, -0.25) is 0 Å². The van der Waals surface area contributed by atoms with E-state index in [-0.39, 0.29) is 10.3 Å². The summed E-state index contributed by atoms with van der Waals surface area (Å²) in [5.41, 5.74) is 7.62. The first-order valence-electron chi connectivity index (χ1n) is 6.87. The lowest BCUT2D eigenvalue weighted by atomic mass is 9.83. The van der Waals surface area contributed by atoms with Gasteiger partial charge in [0.05, 0.1) is 4.90 Å². The van der Waals surface area contributed by atoms with Crippen molar-refractivity contribution in [2.75, 3.05) is 18.8 Å². The second-order valence-electron chi connectivity index (χ2n) is 6.28. The van der Waals surface area contributed by atoms with E-state index in [0.717, 1.165) is 6.42 Å². The van der Waals surface area contributed by atoms with E-state index in [1.54, 1.807) is 12.1 Å². The molecule has 2 N–H and O–H groups in total. The van der Waals surface area contributed by atoms with Gasteiger partial charge in [0.25, 0.3) is 0 Å². The monoisotopic (exact) mass is 372 g/mol. The molecule has 0 unspecified atom stereocenters. The molecule has 0 saturated carbocycles. The Kier molecular flexibility index (Phi) is 4.52. The molecule has 1 aromatic rings. The van der Waals surface area contributed by atoms with Crippen LogP contribution in [0.2, 0.25) is 0 Å². The van der Waals surface area contributed by atoms with Crippen LogP contribution in [0.15, 0.2) is 39.2 Å². The molecule has 1 aliphatic heterocycles. The Balaban J connectivity index is 2.26. The van der Waals surface area contributed by atoms with Gasteiger partial charge in [-0.15, -0.1) is 0 Å². The normalized spacial score (nSPS) is 17.6. The third kappa shape index (κ3) is 3.49. The molecule has 0 saturated heterocycles. The van der Waals surface area contributed by atoms with Crippen molar-refractivity contribution in [3.8, 4) is 0 Å². The number of hydrogen-bond donors (Lipinski definition) is 1. The van der Waals surface area contributed by atoms with Crippen molar-refractivity contribution >= 4 is 31.6 Å². The molecule has 0 radical (unpaired) electrons. The Morgan fingerprint density at radius 2 is 1.95 bits per heavy atom. The summed E-state index contributed by atoms with van der Waals surface area (Å²) in [4.78, 5) is 0.246. The van der Waals surface area contributed by atoms with Crippen molar-refractivity contribution in [1.29, 1.82) is 0 Å². The van der Waals surface area contributed by atoms with Crippen LogP contribution in [-0.4, -0.2) is 25.8 Å². The molecule has 0 atom stereocenters. The van der Waals surface area contributed by atoms with Crippen molar-refractivity contribution < 1.29 is 8.42 Å². The number of nitrogens with two attached hydrogens (primary N) is 1. The van der Waals surface area contributed by atoms with Crippen LogP contribution < -0.4 is 5.73 Å². The third-order valence-corrected chi connectivity index (χ3v) is 6.32. The number of sulfonamides is 1. The Labute approximate surface area is 135 Å². The molecule has 0 aliphatic carbocycles. The summed E-state index contributed by atoms with van der Waals surface area (Å²) < 4.78 is 27.5. The van der Waals surface area contributed by atoms with Crippen LogP contribution in [-0.2, 0) is 10.0 Å². The molecule has 6 heteroatoms. The van der Waals surface area contributed by atoms with E-state index < -0.39 is 10.0 Å². The average Bonchev–Trinajstić information content (AvgIpc) is 2.41. The summed E-state index contributed by atoms with van der Waals surface area (Å²) in [7, 11) is -3.48. The van der Waals surface area contributed by atoms with Gasteiger partial charge < -0.3 is 5.73 Å².